The molecule has 0 heterocycles. The molecule has 0 aliphatic rings. The zero-order chi connectivity index (χ0) is 17.8. The third-order valence-corrected chi connectivity index (χ3v) is 4.24. The molecule has 25 heavy (non-hydrogen) atoms. The van der Waals surface area contributed by atoms with E-state index in [0.717, 1.165) is 27.3 Å². The van der Waals surface area contributed by atoms with Crippen molar-refractivity contribution in [3.63, 3.8) is 0 Å². The van der Waals surface area contributed by atoms with Crippen LogP contribution in [0, 0.1) is 0 Å². The SMILES string of the molecule is C=C(c1ccc2c(=O)c3ccccc3ccc2c1)C(OCC)OCC. The predicted molar refractivity (Wildman–Crippen MR) is 104 cm³/mol. The summed E-state index contributed by atoms with van der Waals surface area (Å²) < 4.78 is 11.3. The molecule has 0 unspecified atom stereocenters. The summed E-state index contributed by atoms with van der Waals surface area (Å²) in [6, 6.07) is 17.4. The maximum Gasteiger partial charge on any atom is 0.194 e. The number of benzene rings is 2. The van der Waals surface area contributed by atoms with Gasteiger partial charge in [0.15, 0.2) is 11.7 Å². The van der Waals surface area contributed by atoms with Crippen LogP contribution in [0.25, 0.3) is 27.1 Å². The normalized spacial score (nSPS) is 11.3. The highest BCUT2D eigenvalue weighted by Crippen LogP contribution is 2.24. The summed E-state index contributed by atoms with van der Waals surface area (Å²) in [5, 5.41) is 3.24. The fraction of sp³-hybridized carbons (Fsp3) is 0.227. The van der Waals surface area contributed by atoms with E-state index in [2.05, 4.69) is 6.58 Å². The van der Waals surface area contributed by atoms with E-state index < -0.39 is 6.29 Å². The summed E-state index contributed by atoms with van der Waals surface area (Å²) in [6.07, 6.45) is -0.476. The molecule has 0 atom stereocenters. The number of fused-ring (bicyclic) bond motifs is 2. The first-order valence-corrected chi connectivity index (χ1v) is 8.54. The van der Waals surface area contributed by atoms with Gasteiger partial charge in [-0.05, 0) is 42.3 Å². The molecule has 3 nitrogen and oxygen atoms in total. The Morgan fingerprint density at radius 1 is 0.920 bits per heavy atom. The van der Waals surface area contributed by atoms with Gasteiger partial charge in [-0.25, -0.2) is 0 Å². The van der Waals surface area contributed by atoms with E-state index in [0.29, 0.717) is 18.6 Å². The maximum absolute atomic E-state index is 12.8. The molecule has 0 aliphatic carbocycles. The first kappa shape index (κ1) is 17.3. The molecule has 0 saturated heterocycles. The maximum atomic E-state index is 12.8. The molecule has 3 aromatic rings. The van der Waals surface area contributed by atoms with E-state index in [1.807, 2.05) is 68.4 Å². The molecule has 128 valence electrons. The van der Waals surface area contributed by atoms with Crippen LogP contribution < -0.4 is 5.43 Å². The van der Waals surface area contributed by atoms with Gasteiger partial charge in [-0.1, -0.05) is 49.0 Å². The fourth-order valence-corrected chi connectivity index (χ4v) is 2.97. The van der Waals surface area contributed by atoms with Gasteiger partial charge in [0.1, 0.15) is 0 Å². The van der Waals surface area contributed by atoms with Crippen molar-refractivity contribution in [3.05, 3.63) is 77.0 Å². The Bertz CT molecular complexity index is 969. The molecule has 3 rings (SSSR count). The van der Waals surface area contributed by atoms with Crippen LogP contribution in [-0.2, 0) is 9.47 Å². The van der Waals surface area contributed by atoms with Gasteiger partial charge in [-0.2, -0.15) is 0 Å². The lowest BCUT2D eigenvalue weighted by molar-refractivity contribution is -0.0962. The minimum Gasteiger partial charge on any atom is -0.349 e. The summed E-state index contributed by atoms with van der Waals surface area (Å²) in [7, 11) is 0. The Labute approximate surface area is 147 Å². The second-order valence-corrected chi connectivity index (χ2v) is 5.82. The van der Waals surface area contributed by atoms with Crippen molar-refractivity contribution in [3.8, 4) is 0 Å². The Hall–Kier alpha value is -2.49. The average Bonchev–Trinajstić information content (AvgIpc) is 2.78. The molecule has 0 amide bonds. The monoisotopic (exact) mass is 334 g/mol. The first-order chi connectivity index (χ1) is 12.2. The van der Waals surface area contributed by atoms with Crippen LogP contribution in [0.2, 0.25) is 0 Å². The van der Waals surface area contributed by atoms with Crippen LogP contribution in [0.3, 0.4) is 0 Å². The lowest BCUT2D eigenvalue weighted by Crippen LogP contribution is -2.18. The van der Waals surface area contributed by atoms with Crippen molar-refractivity contribution in [2.24, 2.45) is 0 Å². The van der Waals surface area contributed by atoms with E-state index in [1.54, 1.807) is 0 Å². The molecule has 0 fully saturated rings. The van der Waals surface area contributed by atoms with Crippen molar-refractivity contribution in [2.75, 3.05) is 13.2 Å². The van der Waals surface area contributed by atoms with E-state index in [1.165, 1.54) is 0 Å². The Morgan fingerprint density at radius 3 is 2.28 bits per heavy atom. The summed E-state index contributed by atoms with van der Waals surface area (Å²) in [5.41, 5.74) is 1.71. The van der Waals surface area contributed by atoms with Crippen LogP contribution >= 0.6 is 0 Å². The van der Waals surface area contributed by atoms with E-state index in [-0.39, 0.29) is 5.43 Å². The largest absolute Gasteiger partial charge is 0.349 e. The lowest BCUT2D eigenvalue weighted by Gasteiger charge is -2.19. The molecular formula is C22H22O3. The molecule has 0 saturated carbocycles. The second-order valence-electron chi connectivity index (χ2n) is 5.82. The highest BCUT2D eigenvalue weighted by Gasteiger charge is 2.15. The van der Waals surface area contributed by atoms with E-state index >= 15 is 0 Å². The quantitative estimate of drug-likeness (QED) is 0.609. The first-order valence-electron chi connectivity index (χ1n) is 8.54. The molecule has 3 heteroatoms. The smallest absolute Gasteiger partial charge is 0.194 e. The third-order valence-electron chi connectivity index (χ3n) is 4.24. The molecule has 0 N–H and O–H groups in total. The van der Waals surface area contributed by atoms with Crippen LogP contribution in [0.4, 0.5) is 0 Å². The molecule has 0 aliphatic heterocycles. The zero-order valence-electron chi connectivity index (χ0n) is 14.6. The van der Waals surface area contributed by atoms with Crippen LogP contribution in [-0.4, -0.2) is 19.5 Å². The van der Waals surface area contributed by atoms with Gasteiger partial charge in [-0.3, -0.25) is 4.79 Å². The number of hydrogen-bond donors (Lipinski definition) is 0. The highest BCUT2D eigenvalue weighted by molar-refractivity contribution is 5.94. The number of rotatable bonds is 6. The van der Waals surface area contributed by atoms with Crippen molar-refractivity contribution in [2.45, 2.75) is 20.1 Å². The van der Waals surface area contributed by atoms with Crippen LogP contribution in [0.1, 0.15) is 19.4 Å². The average molecular weight is 334 g/mol. The van der Waals surface area contributed by atoms with Crippen LogP contribution in [0.5, 0.6) is 0 Å². The van der Waals surface area contributed by atoms with Crippen molar-refractivity contribution in [1.82, 2.24) is 0 Å². The predicted octanol–water partition coefficient (Wildman–Crippen LogP) is 4.77. The van der Waals surface area contributed by atoms with Crippen molar-refractivity contribution < 1.29 is 9.47 Å². The van der Waals surface area contributed by atoms with Gasteiger partial charge in [0, 0.05) is 29.6 Å². The second kappa shape index (κ2) is 7.60. The molecule has 0 bridgehead atoms. The van der Waals surface area contributed by atoms with E-state index in [9.17, 15) is 4.79 Å². The summed E-state index contributed by atoms with van der Waals surface area (Å²) in [5.74, 6) is 0. The van der Waals surface area contributed by atoms with Gasteiger partial charge in [0.2, 0.25) is 0 Å². The van der Waals surface area contributed by atoms with Gasteiger partial charge >= 0.3 is 0 Å². The summed E-state index contributed by atoms with van der Waals surface area (Å²) >= 11 is 0. The lowest BCUT2D eigenvalue weighted by atomic mass is 10.0. The van der Waals surface area contributed by atoms with Crippen molar-refractivity contribution >= 4 is 27.1 Å². The van der Waals surface area contributed by atoms with Crippen molar-refractivity contribution in [1.29, 1.82) is 0 Å². The summed E-state index contributed by atoms with van der Waals surface area (Å²) in [6.45, 7) is 9.07. The standard InChI is InChI=1S/C22H22O3/c1-4-24-22(25-5-2)15(3)17-12-13-20-18(14-17)11-10-16-8-6-7-9-19(16)21(20)23/h6-14,22H,3-5H2,1-2H3. The number of hydrogen-bond acceptors (Lipinski definition) is 3. The van der Waals surface area contributed by atoms with Gasteiger partial charge < -0.3 is 9.47 Å². The van der Waals surface area contributed by atoms with Gasteiger partial charge in [0.05, 0.1) is 0 Å². The molecule has 0 spiro atoms. The minimum atomic E-state index is -0.476. The van der Waals surface area contributed by atoms with E-state index in [4.69, 9.17) is 9.47 Å². The Morgan fingerprint density at radius 2 is 1.56 bits per heavy atom. The topological polar surface area (TPSA) is 35.5 Å². The Kier molecular flexibility index (Phi) is 5.27. The van der Waals surface area contributed by atoms with Crippen LogP contribution in [0.15, 0.2) is 66.0 Å². The minimum absolute atomic E-state index is 0.0407. The molecule has 0 aromatic heterocycles. The summed E-state index contributed by atoms with van der Waals surface area (Å²) in [4.78, 5) is 12.8. The fourth-order valence-electron chi connectivity index (χ4n) is 2.97. The Balaban J connectivity index is 2.13. The number of ether oxygens (including phenoxy) is 2. The third kappa shape index (κ3) is 3.48. The van der Waals surface area contributed by atoms with Gasteiger partial charge in [0.25, 0.3) is 0 Å². The van der Waals surface area contributed by atoms with Gasteiger partial charge in [-0.15, -0.1) is 0 Å². The molecule has 3 aromatic carbocycles. The zero-order valence-corrected chi connectivity index (χ0v) is 14.6. The highest BCUT2D eigenvalue weighted by atomic mass is 16.7. The molecule has 0 radical (unpaired) electrons. The molecular weight excluding hydrogens is 312 g/mol.